The van der Waals surface area contributed by atoms with Crippen LogP contribution in [0.15, 0.2) is 35.1 Å². The van der Waals surface area contributed by atoms with Crippen molar-refractivity contribution in [3.05, 3.63) is 46.4 Å². The second-order valence-corrected chi connectivity index (χ2v) is 6.53. The number of aromatic nitrogens is 3. The topological polar surface area (TPSA) is 86.3 Å². The fourth-order valence-corrected chi connectivity index (χ4v) is 3.53. The van der Waals surface area contributed by atoms with Gasteiger partial charge < -0.3 is 14.4 Å². The van der Waals surface area contributed by atoms with Crippen LogP contribution in [0.25, 0.3) is 22.4 Å². The second-order valence-electron chi connectivity index (χ2n) is 6.53. The van der Waals surface area contributed by atoms with Crippen molar-refractivity contribution >= 4 is 16.9 Å². The summed E-state index contributed by atoms with van der Waals surface area (Å²) in [6.07, 6.45) is 3.27. The molecule has 1 aliphatic rings. The standard InChI is InChI=1S/C19H19N3O4/c1-21-17(20-15(19(24)25)16(26-2)18(21)23)14-10-11-6-3-4-9-13(11)22(14)12-7-5-8-12/h3-4,6,9-10,12H,5,7-8H2,1-2H3,(H,24,25). The molecule has 1 saturated carbocycles. The molecule has 26 heavy (non-hydrogen) atoms. The van der Waals surface area contributed by atoms with Crippen molar-refractivity contribution in [2.75, 3.05) is 7.11 Å². The smallest absolute Gasteiger partial charge is 0.358 e. The monoisotopic (exact) mass is 353 g/mol. The van der Waals surface area contributed by atoms with E-state index in [2.05, 4.69) is 9.55 Å². The van der Waals surface area contributed by atoms with Crippen LogP contribution in [0.1, 0.15) is 35.8 Å². The molecule has 0 bridgehead atoms. The molecule has 0 saturated heterocycles. The Hall–Kier alpha value is -3.09. The highest BCUT2D eigenvalue weighted by atomic mass is 16.5. The first-order chi connectivity index (χ1) is 12.5. The minimum Gasteiger partial charge on any atom is -0.489 e. The van der Waals surface area contributed by atoms with Crippen molar-refractivity contribution in [2.45, 2.75) is 25.3 Å². The van der Waals surface area contributed by atoms with E-state index in [1.54, 1.807) is 7.05 Å². The number of aromatic carboxylic acids is 1. The van der Waals surface area contributed by atoms with E-state index in [4.69, 9.17) is 4.74 Å². The molecule has 2 aromatic heterocycles. The number of carbonyl (C=O) groups is 1. The zero-order valence-electron chi connectivity index (χ0n) is 14.6. The molecule has 0 aliphatic heterocycles. The number of ether oxygens (including phenoxy) is 1. The Morgan fingerprint density at radius 3 is 2.65 bits per heavy atom. The van der Waals surface area contributed by atoms with Crippen molar-refractivity contribution in [1.29, 1.82) is 0 Å². The normalized spacial score (nSPS) is 14.4. The van der Waals surface area contributed by atoms with Crippen molar-refractivity contribution in [3.63, 3.8) is 0 Å². The Balaban J connectivity index is 2.05. The molecule has 0 spiro atoms. The molecule has 134 valence electrons. The molecule has 7 nitrogen and oxygen atoms in total. The van der Waals surface area contributed by atoms with Crippen LogP contribution in [0.4, 0.5) is 0 Å². The molecule has 1 N–H and O–H groups in total. The summed E-state index contributed by atoms with van der Waals surface area (Å²) in [5.74, 6) is -1.21. The predicted molar refractivity (Wildman–Crippen MR) is 96.8 cm³/mol. The van der Waals surface area contributed by atoms with E-state index in [0.717, 1.165) is 35.9 Å². The molecule has 3 aromatic rings. The summed E-state index contributed by atoms with van der Waals surface area (Å²) in [6.45, 7) is 0. The maximum Gasteiger partial charge on any atom is 0.358 e. The lowest BCUT2D eigenvalue weighted by Crippen LogP contribution is -2.27. The predicted octanol–water partition coefficient (Wildman–Crippen LogP) is 2.83. The lowest BCUT2D eigenvalue weighted by Gasteiger charge is -2.30. The molecule has 2 heterocycles. The maximum atomic E-state index is 12.6. The van der Waals surface area contributed by atoms with Gasteiger partial charge in [-0.3, -0.25) is 9.36 Å². The average molecular weight is 353 g/mol. The number of hydrogen-bond donors (Lipinski definition) is 1. The van der Waals surface area contributed by atoms with Crippen LogP contribution in [-0.4, -0.2) is 32.3 Å². The van der Waals surface area contributed by atoms with Gasteiger partial charge in [-0.05, 0) is 31.4 Å². The Bertz CT molecular complexity index is 1080. The summed E-state index contributed by atoms with van der Waals surface area (Å²) in [6, 6.07) is 10.3. The van der Waals surface area contributed by atoms with Gasteiger partial charge in [-0.15, -0.1) is 0 Å². The third-order valence-corrected chi connectivity index (χ3v) is 5.07. The maximum absolute atomic E-state index is 12.6. The fourth-order valence-electron chi connectivity index (χ4n) is 3.53. The zero-order valence-corrected chi connectivity index (χ0v) is 14.6. The Morgan fingerprint density at radius 1 is 1.31 bits per heavy atom. The number of fused-ring (bicyclic) bond motifs is 1. The van der Waals surface area contributed by atoms with Crippen LogP contribution < -0.4 is 10.3 Å². The number of hydrogen-bond acceptors (Lipinski definition) is 4. The van der Waals surface area contributed by atoms with E-state index < -0.39 is 11.5 Å². The summed E-state index contributed by atoms with van der Waals surface area (Å²) in [7, 11) is 2.86. The molecule has 4 rings (SSSR count). The summed E-state index contributed by atoms with van der Waals surface area (Å²) in [5, 5.41) is 10.5. The number of rotatable bonds is 4. The van der Waals surface area contributed by atoms with Crippen molar-refractivity contribution in [2.24, 2.45) is 7.05 Å². The quantitative estimate of drug-likeness (QED) is 0.779. The first-order valence-corrected chi connectivity index (χ1v) is 8.51. The number of carboxylic acid groups (broad SMARTS) is 1. The zero-order chi connectivity index (χ0) is 18.4. The molecule has 1 fully saturated rings. The Kier molecular flexibility index (Phi) is 3.79. The molecular weight excluding hydrogens is 334 g/mol. The summed E-state index contributed by atoms with van der Waals surface area (Å²) in [5.41, 5.74) is 0.936. The van der Waals surface area contributed by atoms with Crippen LogP contribution in [-0.2, 0) is 7.05 Å². The highest BCUT2D eigenvalue weighted by Gasteiger charge is 2.28. The van der Waals surface area contributed by atoms with E-state index in [1.807, 2.05) is 30.3 Å². The minimum absolute atomic E-state index is 0.255. The molecule has 0 amide bonds. The molecule has 1 aliphatic carbocycles. The van der Waals surface area contributed by atoms with E-state index in [9.17, 15) is 14.7 Å². The summed E-state index contributed by atoms with van der Waals surface area (Å²) in [4.78, 5) is 28.5. The van der Waals surface area contributed by atoms with Gasteiger partial charge in [-0.1, -0.05) is 18.2 Å². The average Bonchev–Trinajstić information content (AvgIpc) is 2.94. The van der Waals surface area contributed by atoms with Gasteiger partial charge in [0.1, 0.15) is 0 Å². The van der Waals surface area contributed by atoms with Gasteiger partial charge in [0, 0.05) is 24.0 Å². The molecule has 0 atom stereocenters. The SMILES string of the molecule is COc1c(C(=O)O)nc(-c2cc3ccccc3n2C2CCC2)n(C)c1=O. The van der Waals surface area contributed by atoms with Gasteiger partial charge in [0.15, 0.2) is 11.5 Å². The highest BCUT2D eigenvalue weighted by molar-refractivity contribution is 5.90. The minimum atomic E-state index is -1.29. The van der Waals surface area contributed by atoms with Gasteiger partial charge in [0.2, 0.25) is 5.75 Å². The van der Waals surface area contributed by atoms with Gasteiger partial charge in [-0.2, -0.15) is 0 Å². The molecule has 1 aromatic carbocycles. The van der Waals surface area contributed by atoms with E-state index in [-0.39, 0.29) is 11.4 Å². The second kappa shape index (κ2) is 6.01. The molecule has 7 heteroatoms. The van der Waals surface area contributed by atoms with E-state index in [0.29, 0.717) is 11.9 Å². The van der Waals surface area contributed by atoms with Gasteiger partial charge >= 0.3 is 5.97 Å². The van der Waals surface area contributed by atoms with Gasteiger partial charge in [0.25, 0.3) is 5.56 Å². The number of carboxylic acids is 1. The number of para-hydroxylation sites is 1. The number of methoxy groups -OCH3 is 1. The van der Waals surface area contributed by atoms with Crippen LogP contribution >= 0.6 is 0 Å². The molecule has 0 unspecified atom stereocenters. The first kappa shape index (κ1) is 16.4. The Labute approximate surface area is 149 Å². The fraction of sp³-hybridized carbons (Fsp3) is 0.316. The van der Waals surface area contributed by atoms with Crippen LogP contribution in [0, 0.1) is 0 Å². The molecule has 0 radical (unpaired) electrons. The molecular formula is C19H19N3O4. The highest BCUT2D eigenvalue weighted by Crippen LogP contribution is 2.39. The number of nitrogens with zero attached hydrogens (tertiary/aromatic N) is 3. The number of benzene rings is 1. The van der Waals surface area contributed by atoms with E-state index >= 15 is 0 Å². The summed E-state index contributed by atoms with van der Waals surface area (Å²) < 4.78 is 8.53. The summed E-state index contributed by atoms with van der Waals surface area (Å²) >= 11 is 0. The third kappa shape index (κ3) is 2.31. The Morgan fingerprint density at radius 2 is 2.04 bits per heavy atom. The third-order valence-electron chi connectivity index (χ3n) is 5.07. The lowest BCUT2D eigenvalue weighted by atomic mass is 9.92. The van der Waals surface area contributed by atoms with Crippen LogP contribution in [0.5, 0.6) is 5.75 Å². The lowest BCUT2D eigenvalue weighted by molar-refractivity contribution is 0.0686. The van der Waals surface area contributed by atoms with Crippen molar-refractivity contribution in [3.8, 4) is 17.3 Å². The van der Waals surface area contributed by atoms with Crippen molar-refractivity contribution < 1.29 is 14.6 Å². The first-order valence-electron chi connectivity index (χ1n) is 8.51. The largest absolute Gasteiger partial charge is 0.489 e. The van der Waals surface area contributed by atoms with Crippen molar-refractivity contribution in [1.82, 2.24) is 14.1 Å². The van der Waals surface area contributed by atoms with Crippen LogP contribution in [0.3, 0.4) is 0 Å². The van der Waals surface area contributed by atoms with Gasteiger partial charge in [-0.25, -0.2) is 9.78 Å². The van der Waals surface area contributed by atoms with Gasteiger partial charge in [0.05, 0.1) is 12.8 Å². The van der Waals surface area contributed by atoms with E-state index in [1.165, 1.54) is 11.7 Å². The van der Waals surface area contributed by atoms with Crippen LogP contribution in [0.2, 0.25) is 0 Å².